The van der Waals surface area contributed by atoms with Crippen LogP contribution in [0.4, 0.5) is 17.6 Å². The minimum absolute atomic E-state index is 0.0374. The number of nitrogens with zero attached hydrogens (tertiary/aromatic N) is 1. The lowest BCUT2D eigenvalue weighted by molar-refractivity contribution is -0.137. The third kappa shape index (κ3) is 4.83. The van der Waals surface area contributed by atoms with E-state index in [0.717, 1.165) is 42.9 Å². The zero-order valence-corrected chi connectivity index (χ0v) is 20.4. The summed E-state index contributed by atoms with van der Waals surface area (Å²) in [5, 5.41) is -0.163. The number of amides is 1. The van der Waals surface area contributed by atoms with Gasteiger partial charge in [0.15, 0.2) is 0 Å². The normalized spacial score (nSPS) is 12.1. The van der Waals surface area contributed by atoms with Crippen LogP contribution in [0, 0.1) is 5.82 Å². The number of pyridine rings is 1. The molecule has 0 aliphatic carbocycles. The second-order valence-electron chi connectivity index (χ2n) is 8.44. The minimum atomic E-state index is -4.77. The molecular weight excluding hydrogens is 542 g/mol. The van der Waals surface area contributed by atoms with Gasteiger partial charge in [-0.3, -0.25) is 9.59 Å². The molecule has 0 saturated heterocycles. The Kier molecular flexibility index (Phi) is 6.38. The third-order valence-electron chi connectivity index (χ3n) is 6.01. The zero-order valence-electron chi connectivity index (χ0n) is 19.6. The molecule has 0 aliphatic rings. The number of alkyl halides is 3. The summed E-state index contributed by atoms with van der Waals surface area (Å²) in [6.07, 6.45) is -1.53. The molecule has 2 N–H and O–H groups in total. The molecule has 0 atom stereocenters. The monoisotopic (exact) mass is 559 g/mol. The van der Waals surface area contributed by atoms with E-state index in [1.54, 1.807) is 0 Å². The minimum Gasteiger partial charge on any atom is -0.471 e. The average molecular weight is 559 g/mol. The van der Waals surface area contributed by atoms with E-state index in [2.05, 4.69) is 4.98 Å². The SMILES string of the molecule is O=C(NS(=O)(=O)c1ccoc1)c1c(-c2ccc[nH]c2=O)c2cc(C(F)(F)F)ccc2n1Cc1ccccc1F. The Labute approximate surface area is 217 Å². The Morgan fingerprint density at radius 2 is 1.82 bits per heavy atom. The highest BCUT2D eigenvalue weighted by atomic mass is 32.2. The van der Waals surface area contributed by atoms with Crippen LogP contribution < -0.4 is 10.3 Å². The molecule has 3 aromatic heterocycles. The Morgan fingerprint density at radius 3 is 2.49 bits per heavy atom. The number of carbonyl (C=O) groups excluding carboxylic acids is 1. The molecule has 0 radical (unpaired) electrons. The highest BCUT2D eigenvalue weighted by Crippen LogP contribution is 2.38. The number of nitrogens with one attached hydrogen (secondary N) is 2. The van der Waals surface area contributed by atoms with Gasteiger partial charge in [0.05, 0.1) is 18.4 Å². The van der Waals surface area contributed by atoms with Crippen molar-refractivity contribution in [3.05, 3.63) is 112 Å². The number of furan rings is 1. The molecule has 200 valence electrons. The summed E-state index contributed by atoms with van der Waals surface area (Å²) in [6.45, 7) is -0.367. The first-order valence-corrected chi connectivity index (χ1v) is 12.7. The number of sulfonamides is 1. The van der Waals surface area contributed by atoms with Crippen LogP contribution in [0.5, 0.6) is 0 Å². The van der Waals surface area contributed by atoms with Crippen molar-refractivity contribution < 1.29 is 35.2 Å². The molecule has 3 heterocycles. The molecule has 0 aliphatic heterocycles. The summed E-state index contributed by atoms with van der Waals surface area (Å²) >= 11 is 0. The Hall–Kier alpha value is -4.65. The van der Waals surface area contributed by atoms with Gasteiger partial charge in [0.25, 0.3) is 21.5 Å². The fourth-order valence-corrected chi connectivity index (χ4v) is 5.13. The number of halogens is 4. The van der Waals surface area contributed by atoms with Crippen LogP contribution in [0.25, 0.3) is 22.0 Å². The van der Waals surface area contributed by atoms with Crippen molar-refractivity contribution in [2.75, 3.05) is 0 Å². The van der Waals surface area contributed by atoms with E-state index < -0.39 is 44.7 Å². The molecule has 5 rings (SSSR count). The molecule has 0 fully saturated rings. The van der Waals surface area contributed by atoms with E-state index in [9.17, 15) is 35.6 Å². The molecule has 2 aromatic carbocycles. The topological polar surface area (TPSA) is 114 Å². The van der Waals surface area contributed by atoms with E-state index in [4.69, 9.17) is 4.42 Å². The highest BCUT2D eigenvalue weighted by Gasteiger charge is 2.34. The van der Waals surface area contributed by atoms with Gasteiger partial charge in [-0.1, -0.05) is 18.2 Å². The largest absolute Gasteiger partial charge is 0.471 e. The van der Waals surface area contributed by atoms with Crippen LogP contribution in [0.2, 0.25) is 0 Å². The van der Waals surface area contributed by atoms with Gasteiger partial charge in [-0.15, -0.1) is 0 Å². The molecule has 39 heavy (non-hydrogen) atoms. The van der Waals surface area contributed by atoms with Gasteiger partial charge in [0.1, 0.15) is 22.7 Å². The summed E-state index contributed by atoms with van der Waals surface area (Å²) in [4.78, 5) is 28.5. The van der Waals surface area contributed by atoms with Gasteiger partial charge >= 0.3 is 6.18 Å². The molecule has 8 nitrogen and oxygen atoms in total. The number of rotatable bonds is 6. The summed E-state index contributed by atoms with van der Waals surface area (Å²) in [5.41, 5.74) is -2.62. The van der Waals surface area contributed by atoms with E-state index in [-0.39, 0.29) is 39.0 Å². The number of hydrogen-bond acceptors (Lipinski definition) is 5. The number of carbonyl (C=O) groups is 1. The molecule has 0 spiro atoms. The lowest BCUT2D eigenvalue weighted by atomic mass is 10.0. The summed E-state index contributed by atoms with van der Waals surface area (Å²) in [5.74, 6) is -1.92. The number of H-pyrrole nitrogens is 1. The predicted molar refractivity (Wildman–Crippen MR) is 132 cm³/mol. The number of hydrogen-bond donors (Lipinski definition) is 2. The van der Waals surface area contributed by atoms with Gasteiger partial charge in [-0.05, 0) is 42.5 Å². The summed E-state index contributed by atoms with van der Waals surface area (Å²) < 4.78 is 89.2. The standard InChI is InChI=1S/C26H17F4N3O5S/c27-20-6-2-1-4-15(20)13-33-21-8-7-16(26(28,29)30)12-19(21)22(18-5-3-10-31-24(18)34)23(33)25(35)32-39(36,37)17-9-11-38-14-17/h1-12,14H,13H2,(H,31,34)(H,32,35). The summed E-state index contributed by atoms with van der Waals surface area (Å²) in [6, 6.07) is 11.9. The lowest BCUT2D eigenvalue weighted by Gasteiger charge is -2.13. The maximum Gasteiger partial charge on any atom is 0.416 e. The molecule has 13 heteroatoms. The molecule has 0 bridgehead atoms. The van der Waals surface area contributed by atoms with E-state index in [1.807, 2.05) is 4.72 Å². The van der Waals surface area contributed by atoms with Crippen molar-refractivity contribution in [1.29, 1.82) is 0 Å². The first-order valence-electron chi connectivity index (χ1n) is 11.2. The Balaban J connectivity index is 1.84. The van der Waals surface area contributed by atoms with Crippen LogP contribution in [0.3, 0.4) is 0 Å². The van der Waals surface area contributed by atoms with Crippen molar-refractivity contribution >= 4 is 26.8 Å². The Bertz CT molecular complexity index is 1870. The fraction of sp³-hybridized carbons (Fsp3) is 0.0769. The van der Waals surface area contributed by atoms with Crippen LogP contribution in [-0.2, 0) is 22.7 Å². The second-order valence-corrected chi connectivity index (χ2v) is 10.1. The first kappa shape index (κ1) is 26.0. The number of aromatic nitrogens is 2. The molecule has 0 saturated carbocycles. The van der Waals surface area contributed by atoms with Gasteiger partial charge in [-0.2, -0.15) is 13.2 Å². The van der Waals surface area contributed by atoms with Gasteiger partial charge in [0.2, 0.25) is 0 Å². The van der Waals surface area contributed by atoms with Crippen LogP contribution in [0.15, 0.2) is 93.5 Å². The van der Waals surface area contributed by atoms with Crippen LogP contribution in [-0.4, -0.2) is 23.9 Å². The van der Waals surface area contributed by atoms with Crippen molar-refractivity contribution in [3.63, 3.8) is 0 Å². The average Bonchev–Trinajstić information content (AvgIpc) is 3.53. The van der Waals surface area contributed by atoms with E-state index in [1.165, 1.54) is 41.1 Å². The van der Waals surface area contributed by atoms with E-state index in [0.29, 0.717) is 0 Å². The fourth-order valence-electron chi connectivity index (χ4n) is 4.25. The molecular formula is C26H17F4N3O5S. The van der Waals surface area contributed by atoms with Gasteiger partial charge < -0.3 is 14.0 Å². The molecule has 1 amide bonds. The van der Waals surface area contributed by atoms with E-state index >= 15 is 0 Å². The van der Waals surface area contributed by atoms with Crippen LogP contribution in [0.1, 0.15) is 21.6 Å². The van der Waals surface area contributed by atoms with Crippen LogP contribution >= 0.6 is 0 Å². The molecule has 0 unspecified atom stereocenters. The Morgan fingerprint density at radius 1 is 1.05 bits per heavy atom. The first-order chi connectivity index (χ1) is 18.5. The van der Waals surface area contributed by atoms with Crippen molar-refractivity contribution in [3.8, 4) is 11.1 Å². The van der Waals surface area contributed by atoms with Crippen molar-refractivity contribution in [1.82, 2.24) is 14.3 Å². The van der Waals surface area contributed by atoms with Crippen molar-refractivity contribution in [2.24, 2.45) is 0 Å². The predicted octanol–water partition coefficient (Wildman–Crippen LogP) is 4.91. The lowest BCUT2D eigenvalue weighted by Crippen LogP contribution is -2.32. The smallest absolute Gasteiger partial charge is 0.416 e. The maximum absolute atomic E-state index is 14.7. The number of fused-ring (bicyclic) bond motifs is 1. The van der Waals surface area contributed by atoms with Gasteiger partial charge in [0, 0.05) is 33.8 Å². The molecule has 5 aromatic rings. The summed E-state index contributed by atoms with van der Waals surface area (Å²) in [7, 11) is -4.49. The highest BCUT2D eigenvalue weighted by molar-refractivity contribution is 7.90. The third-order valence-corrected chi connectivity index (χ3v) is 7.32. The quantitative estimate of drug-likeness (QED) is 0.287. The maximum atomic E-state index is 14.7. The van der Waals surface area contributed by atoms with Gasteiger partial charge in [-0.25, -0.2) is 17.5 Å². The number of aromatic amines is 1. The number of benzene rings is 2. The van der Waals surface area contributed by atoms with Crippen molar-refractivity contribution in [2.45, 2.75) is 17.6 Å². The zero-order chi connectivity index (χ0) is 27.9. The second kappa shape index (κ2) is 9.58.